The summed E-state index contributed by atoms with van der Waals surface area (Å²) in [5, 5.41) is 2.71. The Hall–Kier alpha value is -2.14. The molecule has 2 aromatic rings. The van der Waals surface area contributed by atoms with Crippen molar-refractivity contribution >= 4 is 5.91 Å². The fourth-order valence-electron chi connectivity index (χ4n) is 3.03. The number of oxazole rings is 1. The van der Waals surface area contributed by atoms with E-state index in [9.17, 15) is 4.79 Å². The number of nitrogens with one attached hydrogen (secondary N) is 1. The van der Waals surface area contributed by atoms with Crippen LogP contribution in [0.1, 0.15) is 25.0 Å². The van der Waals surface area contributed by atoms with Gasteiger partial charge in [-0.2, -0.15) is 0 Å². The Morgan fingerprint density at radius 2 is 2.04 bits per heavy atom. The molecule has 1 N–H and O–H groups in total. The molecule has 1 aliphatic heterocycles. The molecule has 1 aliphatic rings. The third kappa shape index (κ3) is 4.20. The van der Waals surface area contributed by atoms with Crippen LogP contribution in [0.5, 0.6) is 0 Å². The van der Waals surface area contributed by atoms with Gasteiger partial charge in [0.25, 0.3) is 0 Å². The van der Waals surface area contributed by atoms with E-state index in [4.69, 9.17) is 4.42 Å². The molecule has 0 spiro atoms. The maximum absolute atomic E-state index is 11.4. The van der Waals surface area contributed by atoms with Crippen molar-refractivity contribution in [1.82, 2.24) is 15.2 Å². The summed E-state index contributed by atoms with van der Waals surface area (Å²) in [6.45, 7) is 2.83. The minimum absolute atomic E-state index is 0.146. The van der Waals surface area contributed by atoms with E-state index in [-0.39, 0.29) is 5.91 Å². The normalized spacial score (nSPS) is 16.4. The highest BCUT2D eigenvalue weighted by Crippen LogP contribution is 2.23. The van der Waals surface area contributed by atoms with Gasteiger partial charge in [-0.25, -0.2) is 4.98 Å². The lowest BCUT2D eigenvalue weighted by Crippen LogP contribution is -2.35. The van der Waals surface area contributed by atoms with Crippen LogP contribution >= 0.6 is 0 Å². The number of carbonyl (C=O) groups is 1. The van der Waals surface area contributed by atoms with Crippen LogP contribution in [0.25, 0.3) is 11.5 Å². The van der Waals surface area contributed by atoms with Crippen LogP contribution in [0.3, 0.4) is 0 Å². The summed E-state index contributed by atoms with van der Waals surface area (Å²) in [5.74, 6) is 1.32. The van der Waals surface area contributed by atoms with Gasteiger partial charge < -0.3 is 9.73 Å². The summed E-state index contributed by atoms with van der Waals surface area (Å²) in [5.41, 5.74) is 1.97. The van der Waals surface area contributed by atoms with Crippen LogP contribution in [-0.2, 0) is 11.3 Å². The maximum atomic E-state index is 11.4. The van der Waals surface area contributed by atoms with Gasteiger partial charge in [-0.1, -0.05) is 18.2 Å². The van der Waals surface area contributed by atoms with Crippen molar-refractivity contribution in [2.75, 3.05) is 20.1 Å². The predicted molar refractivity (Wildman–Crippen MR) is 88.6 cm³/mol. The number of likely N-dealkylation sites (tertiary alicyclic amines) is 1. The maximum Gasteiger partial charge on any atom is 0.226 e. The number of benzene rings is 1. The zero-order valence-corrected chi connectivity index (χ0v) is 13.5. The fraction of sp³-hybridized carbons (Fsp3) is 0.444. The minimum Gasteiger partial charge on any atom is -0.444 e. The molecule has 0 saturated carbocycles. The van der Waals surface area contributed by atoms with Crippen LogP contribution < -0.4 is 5.32 Å². The summed E-state index contributed by atoms with van der Waals surface area (Å²) in [6, 6.07) is 9.95. The molecule has 0 bridgehead atoms. The van der Waals surface area contributed by atoms with Crippen molar-refractivity contribution in [3.05, 3.63) is 42.3 Å². The summed E-state index contributed by atoms with van der Waals surface area (Å²) in [7, 11) is 1.70. The van der Waals surface area contributed by atoms with Gasteiger partial charge in [0.15, 0.2) is 0 Å². The first-order valence-corrected chi connectivity index (χ1v) is 8.17. The van der Waals surface area contributed by atoms with Gasteiger partial charge >= 0.3 is 0 Å². The Morgan fingerprint density at radius 1 is 1.30 bits per heavy atom. The molecule has 0 radical (unpaired) electrons. The van der Waals surface area contributed by atoms with E-state index in [0.717, 1.165) is 43.7 Å². The lowest BCUT2D eigenvalue weighted by molar-refractivity contribution is -0.121. The van der Waals surface area contributed by atoms with Gasteiger partial charge in [0.05, 0.1) is 5.69 Å². The van der Waals surface area contributed by atoms with E-state index < -0.39 is 0 Å². The molecule has 0 aliphatic carbocycles. The van der Waals surface area contributed by atoms with Crippen LogP contribution in [0.2, 0.25) is 0 Å². The lowest BCUT2D eigenvalue weighted by atomic mass is 9.93. The van der Waals surface area contributed by atoms with Gasteiger partial charge in [-0.05, 0) is 44.0 Å². The number of hydrogen-bond donors (Lipinski definition) is 1. The van der Waals surface area contributed by atoms with Crippen LogP contribution in [-0.4, -0.2) is 35.9 Å². The summed E-state index contributed by atoms with van der Waals surface area (Å²) >= 11 is 0. The number of amides is 1. The van der Waals surface area contributed by atoms with Crippen LogP contribution in [0, 0.1) is 5.92 Å². The van der Waals surface area contributed by atoms with Gasteiger partial charge in [-0.3, -0.25) is 9.69 Å². The highest BCUT2D eigenvalue weighted by molar-refractivity contribution is 5.75. The Kier molecular flexibility index (Phi) is 5.08. The third-order valence-corrected chi connectivity index (χ3v) is 4.42. The molecule has 122 valence electrons. The predicted octanol–water partition coefficient (Wildman–Crippen LogP) is 2.69. The second-order valence-corrected chi connectivity index (χ2v) is 6.11. The monoisotopic (exact) mass is 313 g/mol. The Labute approximate surface area is 136 Å². The largest absolute Gasteiger partial charge is 0.444 e. The molecule has 0 unspecified atom stereocenters. The van der Waals surface area contributed by atoms with Gasteiger partial charge in [-0.15, -0.1) is 0 Å². The number of hydrogen-bond acceptors (Lipinski definition) is 4. The molecule has 2 heterocycles. The first-order chi connectivity index (χ1) is 11.2. The smallest absolute Gasteiger partial charge is 0.226 e. The lowest BCUT2D eigenvalue weighted by Gasteiger charge is -2.30. The average Bonchev–Trinajstić information content (AvgIpc) is 3.06. The quantitative estimate of drug-likeness (QED) is 0.922. The van der Waals surface area contributed by atoms with Crippen molar-refractivity contribution < 1.29 is 9.21 Å². The molecule has 1 aromatic carbocycles. The van der Waals surface area contributed by atoms with Crippen molar-refractivity contribution in [1.29, 1.82) is 0 Å². The van der Waals surface area contributed by atoms with E-state index >= 15 is 0 Å². The third-order valence-electron chi connectivity index (χ3n) is 4.42. The molecule has 3 rings (SSSR count). The summed E-state index contributed by atoms with van der Waals surface area (Å²) < 4.78 is 5.59. The molecule has 23 heavy (non-hydrogen) atoms. The SMILES string of the molecule is CNC(=O)CC1CCN(Cc2coc(-c3ccccc3)n2)CC1. The van der Waals surface area contributed by atoms with E-state index in [1.807, 2.05) is 30.3 Å². The van der Waals surface area contributed by atoms with Crippen molar-refractivity contribution in [3.8, 4) is 11.5 Å². The zero-order chi connectivity index (χ0) is 16.1. The molecule has 5 heteroatoms. The Morgan fingerprint density at radius 3 is 2.74 bits per heavy atom. The van der Waals surface area contributed by atoms with Gasteiger partial charge in [0, 0.05) is 25.6 Å². The number of carbonyl (C=O) groups excluding carboxylic acids is 1. The fourth-order valence-corrected chi connectivity index (χ4v) is 3.03. The molecule has 1 saturated heterocycles. The molecular formula is C18H23N3O2. The highest BCUT2D eigenvalue weighted by atomic mass is 16.3. The van der Waals surface area contributed by atoms with E-state index in [1.165, 1.54) is 0 Å². The number of rotatable bonds is 5. The van der Waals surface area contributed by atoms with Crippen molar-refractivity contribution in [2.45, 2.75) is 25.8 Å². The number of nitrogens with zero attached hydrogens (tertiary/aromatic N) is 2. The Bertz CT molecular complexity index is 631. The second-order valence-electron chi connectivity index (χ2n) is 6.11. The average molecular weight is 313 g/mol. The number of aromatic nitrogens is 1. The molecule has 1 fully saturated rings. The van der Waals surface area contributed by atoms with Gasteiger partial charge in [0.2, 0.25) is 11.8 Å². The first-order valence-electron chi connectivity index (χ1n) is 8.17. The van der Waals surface area contributed by atoms with Crippen LogP contribution in [0.4, 0.5) is 0 Å². The highest BCUT2D eigenvalue weighted by Gasteiger charge is 2.22. The van der Waals surface area contributed by atoms with E-state index in [2.05, 4.69) is 15.2 Å². The van der Waals surface area contributed by atoms with Crippen LogP contribution in [0.15, 0.2) is 41.0 Å². The van der Waals surface area contributed by atoms with Crippen molar-refractivity contribution in [3.63, 3.8) is 0 Å². The zero-order valence-electron chi connectivity index (χ0n) is 13.5. The minimum atomic E-state index is 0.146. The van der Waals surface area contributed by atoms with E-state index in [1.54, 1.807) is 13.3 Å². The van der Waals surface area contributed by atoms with Gasteiger partial charge in [0.1, 0.15) is 6.26 Å². The molecule has 0 atom stereocenters. The number of piperidine rings is 1. The second kappa shape index (κ2) is 7.42. The molecule has 5 nitrogen and oxygen atoms in total. The first kappa shape index (κ1) is 15.7. The molecule has 1 amide bonds. The summed E-state index contributed by atoms with van der Waals surface area (Å²) in [6.07, 6.45) is 4.53. The van der Waals surface area contributed by atoms with Crippen molar-refractivity contribution in [2.24, 2.45) is 5.92 Å². The standard InChI is InChI=1S/C18H23N3O2/c1-19-17(22)11-14-7-9-21(10-8-14)12-16-13-23-18(20-16)15-5-3-2-4-6-15/h2-6,13-14H,7-12H2,1H3,(H,19,22). The van der Waals surface area contributed by atoms with E-state index in [0.29, 0.717) is 18.2 Å². The Balaban J connectivity index is 1.51. The topological polar surface area (TPSA) is 58.4 Å². The summed E-state index contributed by atoms with van der Waals surface area (Å²) in [4.78, 5) is 18.4. The molecular weight excluding hydrogens is 290 g/mol. The molecule has 1 aromatic heterocycles.